The monoisotopic (exact) mass is 457 g/mol. The standard InChI is InChI=1S/C22H24FN7O.ClH/c1-22(7-5-13(24)6-8-22)28-21(31)15-10-25-20-19(15)27-16(11-26-20)18-14-4-3-12(23)9-17(14)30(2)29-18;/h3-4,9-11,13H,5-8,24H2,1-2H3,(H,25,26)(H,28,31);1H. The number of amides is 1. The van der Waals surface area contributed by atoms with Crippen molar-refractivity contribution in [3.63, 3.8) is 0 Å². The predicted molar refractivity (Wildman–Crippen MR) is 123 cm³/mol. The maximum absolute atomic E-state index is 13.7. The minimum Gasteiger partial charge on any atom is -0.347 e. The van der Waals surface area contributed by atoms with Crippen LogP contribution in [0, 0.1) is 5.82 Å². The third-order valence-electron chi connectivity index (χ3n) is 6.23. The molecule has 0 saturated heterocycles. The molecule has 0 bridgehead atoms. The molecule has 1 aromatic carbocycles. The molecule has 4 N–H and O–H groups in total. The Balaban J connectivity index is 0.00000245. The molecule has 1 saturated carbocycles. The Morgan fingerprint density at radius 1 is 1.34 bits per heavy atom. The lowest BCUT2D eigenvalue weighted by Gasteiger charge is -2.36. The fourth-order valence-corrected chi connectivity index (χ4v) is 4.34. The number of hydrogen-bond donors (Lipinski definition) is 3. The summed E-state index contributed by atoms with van der Waals surface area (Å²) in [4.78, 5) is 25.2. The number of hydrogen-bond acceptors (Lipinski definition) is 5. The number of aromatic amines is 1. The highest BCUT2D eigenvalue weighted by Crippen LogP contribution is 2.30. The first-order valence-corrected chi connectivity index (χ1v) is 10.4. The topological polar surface area (TPSA) is 115 Å². The van der Waals surface area contributed by atoms with E-state index >= 15 is 0 Å². The van der Waals surface area contributed by atoms with Gasteiger partial charge in [0, 0.05) is 30.2 Å². The second kappa shape index (κ2) is 8.14. The van der Waals surface area contributed by atoms with Gasteiger partial charge in [-0.1, -0.05) is 0 Å². The zero-order valence-corrected chi connectivity index (χ0v) is 18.7. The Kier molecular flexibility index (Phi) is 5.64. The molecule has 0 radical (unpaired) electrons. The van der Waals surface area contributed by atoms with Crippen LogP contribution in [-0.2, 0) is 7.05 Å². The van der Waals surface area contributed by atoms with Gasteiger partial charge in [-0.05, 0) is 50.8 Å². The first kappa shape index (κ1) is 22.2. The van der Waals surface area contributed by atoms with Gasteiger partial charge in [-0.25, -0.2) is 14.4 Å². The molecular weight excluding hydrogens is 433 g/mol. The maximum Gasteiger partial charge on any atom is 0.255 e. The van der Waals surface area contributed by atoms with Crippen LogP contribution in [-0.4, -0.2) is 42.2 Å². The van der Waals surface area contributed by atoms with Crippen molar-refractivity contribution in [2.24, 2.45) is 12.8 Å². The van der Waals surface area contributed by atoms with Crippen molar-refractivity contribution >= 4 is 40.4 Å². The summed E-state index contributed by atoms with van der Waals surface area (Å²) in [6.45, 7) is 2.06. The lowest BCUT2D eigenvalue weighted by Crippen LogP contribution is -2.50. The van der Waals surface area contributed by atoms with Crippen LogP contribution in [0.3, 0.4) is 0 Å². The molecule has 10 heteroatoms. The Morgan fingerprint density at radius 3 is 2.84 bits per heavy atom. The summed E-state index contributed by atoms with van der Waals surface area (Å²) < 4.78 is 15.3. The fourth-order valence-electron chi connectivity index (χ4n) is 4.34. The third kappa shape index (κ3) is 3.82. The molecule has 1 fully saturated rings. The number of nitrogens with two attached hydrogens (primary N) is 1. The second-order valence-corrected chi connectivity index (χ2v) is 8.64. The predicted octanol–water partition coefficient (Wildman–Crippen LogP) is 3.46. The van der Waals surface area contributed by atoms with Crippen molar-refractivity contribution < 1.29 is 9.18 Å². The van der Waals surface area contributed by atoms with Crippen LogP contribution in [0.1, 0.15) is 43.0 Å². The number of aromatic nitrogens is 5. The SMILES string of the molecule is Cl.Cn1nc(-c2cnc3[nH]cc(C(=O)NC4(C)CCC(N)CC4)c3n2)c2ccc(F)cc21. The summed E-state index contributed by atoms with van der Waals surface area (Å²) >= 11 is 0. The quantitative estimate of drug-likeness (QED) is 0.436. The number of carbonyl (C=O) groups is 1. The van der Waals surface area contributed by atoms with E-state index in [-0.39, 0.29) is 35.7 Å². The summed E-state index contributed by atoms with van der Waals surface area (Å²) in [6, 6.07) is 4.71. The summed E-state index contributed by atoms with van der Waals surface area (Å²) in [5.41, 5.74) is 8.93. The summed E-state index contributed by atoms with van der Waals surface area (Å²) in [6.07, 6.45) is 6.71. The first-order chi connectivity index (χ1) is 14.8. The van der Waals surface area contributed by atoms with Crippen LogP contribution in [0.2, 0.25) is 0 Å². The molecule has 32 heavy (non-hydrogen) atoms. The van der Waals surface area contributed by atoms with Crippen molar-refractivity contribution in [2.45, 2.75) is 44.2 Å². The minimum absolute atomic E-state index is 0. The Labute approximate surface area is 190 Å². The molecule has 0 unspecified atom stereocenters. The normalized spacial score (nSPS) is 20.9. The zero-order valence-electron chi connectivity index (χ0n) is 17.9. The molecule has 1 aliphatic rings. The summed E-state index contributed by atoms with van der Waals surface area (Å²) in [5.74, 6) is -0.519. The van der Waals surface area contributed by atoms with Gasteiger partial charge in [0.1, 0.15) is 22.7 Å². The van der Waals surface area contributed by atoms with Gasteiger partial charge in [-0.15, -0.1) is 12.4 Å². The van der Waals surface area contributed by atoms with E-state index < -0.39 is 0 Å². The molecule has 0 aliphatic heterocycles. The van der Waals surface area contributed by atoms with Crippen LogP contribution in [0.15, 0.2) is 30.6 Å². The van der Waals surface area contributed by atoms with E-state index in [1.54, 1.807) is 30.2 Å². The molecule has 1 amide bonds. The Bertz CT molecular complexity index is 1310. The van der Waals surface area contributed by atoms with Crippen LogP contribution >= 0.6 is 12.4 Å². The zero-order chi connectivity index (χ0) is 21.8. The highest BCUT2D eigenvalue weighted by Gasteiger charge is 2.32. The molecule has 168 valence electrons. The van der Waals surface area contributed by atoms with Gasteiger partial charge in [0.25, 0.3) is 5.91 Å². The van der Waals surface area contributed by atoms with Crippen molar-refractivity contribution in [1.82, 2.24) is 30.0 Å². The molecule has 1 aliphatic carbocycles. The number of aryl methyl sites for hydroxylation is 1. The summed E-state index contributed by atoms with van der Waals surface area (Å²) in [7, 11) is 1.75. The first-order valence-electron chi connectivity index (χ1n) is 10.4. The van der Waals surface area contributed by atoms with E-state index in [4.69, 9.17) is 10.7 Å². The Hall–Kier alpha value is -3.04. The van der Waals surface area contributed by atoms with Gasteiger partial charge in [0.05, 0.1) is 17.3 Å². The number of carbonyl (C=O) groups excluding carboxylic acids is 1. The average molecular weight is 458 g/mol. The third-order valence-corrected chi connectivity index (χ3v) is 6.23. The van der Waals surface area contributed by atoms with E-state index in [0.717, 1.165) is 31.1 Å². The van der Waals surface area contributed by atoms with Crippen LogP contribution < -0.4 is 11.1 Å². The molecular formula is C22H25ClFN7O. The number of fused-ring (bicyclic) bond motifs is 2. The van der Waals surface area contributed by atoms with Gasteiger partial charge in [-0.3, -0.25) is 9.48 Å². The molecule has 4 aromatic rings. The number of nitrogens with zero attached hydrogens (tertiary/aromatic N) is 4. The van der Waals surface area contributed by atoms with Crippen molar-refractivity contribution in [3.8, 4) is 11.4 Å². The summed E-state index contributed by atoms with van der Waals surface area (Å²) in [5, 5.41) is 8.44. The van der Waals surface area contributed by atoms with Crippen molar-refractivity contribution in [1.29, 1.82) is 0 Å². The maximum atomic E-state index is 13.7. The lowest BCUT2D eigenvalue weighted by atomic mass is 9.81. The number of H-pyrrole nitrogens is 1. The van der Waals surface area contributed by atoms with Gasteiger partial charge in [-0.2, -0.15) is 5.10 Å². The largest absolute Gasteiger partial charge is 0.347 e. The van der Waals surface area contributed by atoms with Crippen molar-refractivity contribution in [3.05, 3.63) is 42.0 Å². The fraction of sp³-hybridized carbons (Fsp3) is 0.364. The lowest BCUT2D eigenvalue weighted by molar-refractivity contribution is 0.0879. The molecule has 8 nitrogen and oxygen atoms in total. The van der Waals surface area contributed by atoms with Gasteiger partial charge in [0.15, 0.2) is 5.65 Å². The van der Waals surface area contributed by atoms with Gasteiger partial charge >= 0.3 is 0 Å². The van der Waals surface area contributed by atoms with Crippen LogP contribution in [0.25, 0.3) is 33.5 Å². The highest BCUT2D eigenvalue weighted by molar-refractivity contribution is 6.05. The molecule has 0 spiro atoms. The van der Waals surface area contributed by atoms with E-state index in [0.29, 0.717) is 33.6 Å². The number of rotatable bonds is 3. The molecule has 5 rings (SSSR count). The smallest absolute Gasteiger partial charge is 0.255 e. The van der Waals surface area contributed by atoms with E-state index in [1.165, 1.54) is 12.1 Å². The second-order valence-electron chi connectivity index (χ2n) is 8.64. The number of nitrogens with one attached hydrogen (secondary N) is 2. The molecule has 0 atom stereocenters. The minimum atomic E-state index is -0.328. The van der Waals surface area contributed by atoms with E-state index in [2.05, 4.69) is 27.3 Å². The molecule has 3 heterocycles. The molecule has 3 aromatic heterocycles. The van der Waals surface area contributed by atoms with E-state index in [9.17, 15) is 9.18 Å². The number of benzene rings is 1. The van der Waals surface area contributed by atoms with Crippen molar-refractivity contribution in [2.75, 3.05) is 0 Å². The van der Waals surface area contributed by atoms with Crippen LogP contribution in [0.4, 0.5) is 4.39 Å². The Morgan fingerprint density at radius 2 is 2.09 bits per heavy atom. The van der Waals surface area contributed by atoms with Crippen LogP contribution in [0.5, 0.6) is 0 Å². The number of halogens is 2. The van der Waals surface area contributed by atoms with Gasteiger partial charge < -0.3 is 16.0 Å². The van der Waals surface area contributed by atoms with Gasteiger partial charge in [0.2, 0.25) is 0 Å². The highest BCUT2D eigenvalue weighted by atomic mass is 35.5. The van der Waals surface area contributed by atoms with E-state index in [1.807, 2.05) is 0 Å². The average Bonchev–Trinajstić information content (AvgIpc) is 3.31.